The van der Waals surface area contributed by atoms with E-state index in [1.165, 1.54) is 16.6 Å². The molecular formula is C30H37N3O2. The van der Waals surface area contributed by atoms with Crippen molar-refractivity contribution in [3.05, 3.63) is 64.7 Å². The Labute approximate surface area is 208 Å². The number of furan rings is 1. The Bertz CT molecular complexity index is 1270. The molecule has 5 nitrogen and oxygen atoms in total. The summed E-state index contributed by atoms with van der Waals surface area (Å²) in [5.41, 5.74) is 5.69. The van der Waals surface area contributed by atoms with E-state index < -0.39 is 0 Å². The van der Waals surface area contributed by atoms with Crippen molar-refractivity contribution in [2.24, 2.45) is 0 Å². The second-order valence-electron chi connectivity index (χ2n) is 11.3. The van der Waals surface area contributed by atoms with Crippen LogP contribution in [0, 0.1) is 6.92 Å². The van der Waals surface area contributed by atoms with E-state index in [4.69, 9.17) is 9.40 Å². The smallest absolute Gasteiger partial charge is 0.289 e. The number of hydrogen-bond acceptors (Lipinski definition) is 4. The molecule has 2 heterocycles. The molecule has 0 aliphatic heterocycles. The van der Waals surface area contributed by atoms with Gasteiger partial charge in [-0.05, 0) is 81.4 Å². The van der Waals surface area contributed by atoms with Crippen molar-refractivity contribution in [3.8, 4) is 0 Å². The minimum Gasteiger partial charge on any atom is -0.451 e. The standard InChI is InChI=1S/C30H37N3O2/c1-19-10-15-24-23(16-19)25(18-28(32-24)30(2,3)4)31-21-11-13-22(14-12-21)33(5)29(34)27-17-20-8-6-7-9-26(20)35-27/h7,9-10,15-18,21-22H,6,8,11-14H2,1-5H3,(H,31,32). The van der Waals surface area contributed by atoms with Gasteiger partial charge < -0.3 is 14.6 Å². The van der Waals surface area contributed by atoms with E-state index >= 15 is 0 Å². The highest BCUT2D eigenvalue weighted by molar-refractivity contribution is 5.93. The minimum absolute atomic E-state index is 0.00497. The lowest BCUT2D eigenvalue weighted by Crippen LogP contribution is -2.41. The number of nitrogens with zero attached hydrogens (tertiary/aromatic N) is 2. The number of rotatable bonds is 4. The lowest BCUT2D eigenvalue weighted by Gasteiger charge is -2.35. The molecular weight excluding hydrogens is 434 g/mol. The van der Waals surface area contributed by atoms with Crippen LogP contribution in [0.15, 0.2) is 40.8 Å². The van der Waals surface area contributed by atoms with Gasteiger partial charge in [-0.1, -0.05) is 38.5 Å². The van der Waals surface area contributed by atoms with E-state index in [-0.39, 0.29) is 17.4 Å². The lowest BCUT2D eigenvalue weighted by atomic mass is 9.88. The fourth-order valence-corrected chi connectivity index (χ4v) is 5.32. The number of benzene rings is 1. The molecule has 0 atom stereocenters. The van der Waals surface area contributed by atoms with Gasteiger partial charge in [0.05, 0.1) is 5.52 Å². The molecule has 0 unspecified atom stereocenters. The molecule has 1 aromatic carbocycles. The number of pyridine rings is 1. The predicted octanol–water partition coefficient (Wildman–Crippen LogP) is 6.89. The van der Waals surface area contributed by atoms with Gasteiger partial charge >= 0.3 is 0 Å². The largest absolute Gasteiger partial charge is 0.451 e. The monoisotopic (exact) mass is 471 g/mol. The predicted molar refractivity (Wildman–Crippen MR) is 143 cm³/mol. The Kier molecular flexibility index (Phi) is 6.20. The number of amides is 1. The van der Waals surface area contributed by atoms with Crippen LogP contribution in [0.4, 0.5) is 5.69 Å². The Balaban J connectivity index is 1.28. The molecule has 1 amide bonds. The number of fused-ring (bicyclic) bond motifs is 2. The third-order valence-electron chi connectivity index (χ3n) is 7.56. The molecule has 2 aliphatic carbocycles. The highest BCUT2D eigenvalue weighted by atomic mass is 16.4. The molecule has 35 heavy (non-hydrogen) atoms. The van der Waals surface area contributed by atoms with E-state index in [0.717, 1.165) is 61.1 Å². The van der Waals surface area contributed by atoms with Gasteiger partial charge in [-0.2, -0.15) is 0 Å². The molecule has 1 saturated carbocycles. The first-order valence-electron chi connectivity index (χ1n) is 12.9. The van der Waals surface area contributed by atoms with E-state index in [1.54, 1.807) is 0 Å². The molecule has 0 bridgehead atoms. The second kappa shape index (κ2) is 9.18. The van der Waals surface area contributed by atoms with Gasteiger partial charge in [0.1, 0.15) is 5.76 Å². The summed E-state index contributed by atoms with van der Waals surface area (Å²) in [6.45, 7) is 8.76. The zero-order chi connectivity index (χ0) is 24.7. The average molecular weight is 472 g/mol. The van der Waals surface area contributed by atoms with Crippen LogP contribution in [-0.2, 0) is 11.8 Å². The normalized spacial score (nSPS) is 20.0. The molecule has 3 aromatic rings. The Morgan fingerprint density at radius 2 is 1.89 bits per heavy atom. The Morgan fingerprint density at radius 1 is 1.11 bits per heavy atom. The van der Waals surface area contributed by atoms with Gasteiger partial charge in [0.2, 0.25) is 0 Å². The molecule has 5 heteroatoms. The SMILES string of the molecule is Cc1ccc2nc(C(C)(C)C)cc(NC3CCC(N(C)C(=O)c4cc5c(o4)C=CCC5)CC3)c2c1. The first kappa shape index (κ1) is 23.7. The van der Waals surface area contributed by atoms with E-state index in [1.807, 2.05) is 24.1 Å². The van der Waals surface area contributed by atoms with Crippen LogP contribution >= 0.6 is 0 Å². The van der Waals surface area contributed by atoms with E-state index in [9.17, 15) is 4.79 Å². The number of carbonyl (C=O) groups excluding carboxylic acids is 1. The summed E-state index contributed by atoms with van der Waals surface area (Å²) in [4.78, 5) is 20.0. The Hall–Kier alpha value is -3.08. The fraction of sp³-hybridized carbons (Fsp3) is 0.467. The van der Waals surface area contributed by atoms with E-state index in [0.29, 0.717) is 11.8 Å². The van der Waals surface area contributed by atoms with Gasteiger partial charge in [-0.15, -0.1) is 0 Å². The maximum atomic E-state index is 13.1. The number of nitrogens with one attached hydrogen (secondary N) is 1. The quantitative estimate of drug-likeness (QED) is 0.450. The zero-order valence-electron chi connectivity index (χ0n) is 21.6. The summed E-state index contributed by atoms with van der Waals surface area (Å²) in [5, 5.41) is 5.03. The van der Waals surface area contributed by atoms with Crippen molar-refractivity contribution in [2.45, 2.75) is 83.7 Å². The zero-order valence-corrected chi connectivity index (χ0v) is 21.6. The number of anilines is 1. The number of aryl methyl sites for hydroxylation is 2. The molecule has 0 spiro atoms. The third-order valence-corrected chi connectivity index (χ3v) is 7.56. The van der Waals surface area contributed by atoms with Crippen molar-refractivity contribution in [2.75, 3.05) is 12.4 Å². The summed E-state index contributed by atoms with van der Waals surface area (Å²) in [7, 11) is 1.92. The van der Waals surface area contributed by atoms with E-state index in [2.05, 4.69) is 63.4 Å². The average Bonchev–Trinajstić information content (AvgIpc) is 3.27. The number of carbonyl (C=O) groups is 1. The molecule has 1 fully saturated rings. The number of allylic oxidation sites excluding steroid dienone is 1. The second-order valence-corrected chi connectivity index (χ2v) is 11.3. The van der Waals surface area contributed by atoms with Crippen molar-refractivity contribution in [1.82, 2.24) is 9.88 Å². The Morgan fingerprint density at radius 3 is 2.60 bits per heavy atom. The highest BCUT2D eigenvalue weighted by Gasteiger charge is 2.29. The molecule has 0 radical (unpaired) electrons. The van der Waals surface area contributed by atoms with Crippen molar-refractivity contribution < 1.29 is 9.21 Å². The van der Waals surface area contributed by atoms with Crippen molar-refractivity contribution in [3.63, 3.8) is 0 Å². The number of aromatic nitrogens is 1. The van der Waals surface area contributed by atoms with Crippen LogP contribution in [0.25, 0.3) is 17.0 Å². The van der Waals surface area contributed by atoms with Crippen LogP contribution in [-0.4, -0.2) is 34.9 Å². The maximum Gasteiger partial charge on any atom is 0.289 e. The minimum atomic E-state index is -0.0168. The first-order chi connectivity index (χ1) is 16.7. The summed E-state index contributed by atoms with van der Waals surface area (Å²) in [6.07, 6.45) is 10.1. The molecule has 2 aromatic heterocycles. The summed E-state index contributed by atoms with van der Waals surface area (Å²) in [6, 6.07) is 11.3. The van der Waals surface area contributed by atoms with Crippen LogP contribution in [0.3, 0.4) is 0 Å². The summed E-state index contributed by atoms with van der Waals surface area (Å²) >= 11 is 0. The fourth-order valence-electron chi connectivity index (χ4n) is 5.32. The van der Waals surface area contributed by atoms with Crippen LogP contribution < -0.4 is 5.32 Å². The van der Waals surface area contributed by atoms with Gasteiger partial charge in [0.15, 0.2) is 5.76 Å². The molecule has 5 rings (SSSR count). The lowest BCUT2D eigenvalue weighted by molar-refractivity contribution is 0.0660. The van der Waals surface area contributed by atoms with Crippen LogP contribution in [0.5, 0.6) is 0 Å². The molecule has 2 aliphatic rings. The van der Waals surface area contributed by atoms with Crippen LogP contribution in [0.1, 0.15) is 86.0 Å². The van der Waals surface area contributed by atoms with Crippen molar-refractivity contribution in [1.29, 1.82) is 0 Å². The topological polar surface area (TPSA) is 58.4 Å². The molecule has 184 valence electrons. The highest BCUT2D eigenvalue weighted by Crippen LogP contribution is 2.33. The third kappa shape index (κ3) is 4.86. The van der Waals surface area contributed by atoms with Crippen molar-refractivity contribution >= 4 is 28.6 Å². The van der Waals surface area contributed by atoms with Crippen LogP contribution in [0.2, 0.25) is 0 Å². The summed E-state index contributed by atoms with van der Waals surface area (Å²) in [5.74, 6) is 1.31. The summed E-state index contributed by atoms with van der Waals surface area (Å²) < 4.78 is 5.87. The maximum absolute atomic E-state index is 13.1. The van der Waals surface area contributed by atoms with Gasteiger partial charge in [0, 0.05) is 41.3 Å². The van der Waals surface area contributed by atoms with Gasteiger partial charge in [-0.3, -0.25) is 9.78 Å². The first-order valence-corrected chi connectivity index (χ1v) is 12.9. The van der Waals surface area contributed by atoms with Gasteiger partial charge in [-0.25, -0.2) is 0 Å². The van der Waals surface area contributed by atoms with Gasteiger partial charge in [0.25, 0.3) is 5.91 Å². The number of hydrogen-bond donors (Lipinski definition) is 1. The molecule has 0 saturated heterocycles. The molecule has 1 N–H and O–H groups in total.